The second-order valence-electron chi connectivity index (χ2n) is 6.76. The number of morpholine rings is 1. The molecule has 0 aliphatic carbocycles. The molecule has 170 valence electrons. The van der Waals surface area contributed by atoms with Crippen LogP contribution in [0.25, 0.3) is 0 Å². The highest BCUT2D eigenvalue weighted by atomic mass is 32.2. The van der Waals surface area contributed by atoms with Crippen LogP contribution in [0.2, 0.25) is 0 Å². The van der Waals surface area contributed by atoms with Crippen LogP contribution < -0.4 is 10.1 Å². The number of hydrogen-bond donors (Lipinski definition) is 1. The zero-order chi connectivity index (χ0) is 22.3. The van der Waals surface area contributed by atoms with Crippen LogP contribution in [0.15, 0.2) is 27.4 Å². The van der Waals surface area contributed by atoms with Gasteiger partial charge in [-0.05, 0) is 36.6 Å². The molecule has 0 bridgehead atoms. The number of rotatable bonds is 10. The average molecular weight is 487 g/mol. The number of thioether (sulfide) groups is 1. The van der Waals surface area contributed by atoms with E-state index < -0.39 is 10.0 Å². The van der Waals surface area contributed by atoms with Crippen molar-refractivity contribution in [3.63, 3.8) is 0 Å². The highest BCUT2D eigenvalue weighted by Gasteiger charge is 2.27. The van der Waals surface area contributed by atoms with Crippen LogP contribution in [0, 0.1) is 0 Å². The predicted octanol–water partition coefficient (Wildman–Crippen LogP) is 2.64. The summed E-state index contributed by atoms with van der Waals surface area (Å²) in [6, 6.07) is 4.74. The lowest BCUT2D eigenvalue weighted by molar-refractivity contribution is -0.116. The van der Waals surface area contributed by atoms with Gasteiger partial charge in [-0.15, -0.1) is 10.2 Å². The predicted molar refractivity (Wildman–Crippen MR) is 120 cm³/mol. The topological polar surface area (TPSA) is 111 Å². The van der Waals surface area contributed by atoms with Gasteiger partial charge in [-0.1, -0.05) is 30.0 Å². The highest BCUT2D eigenvalue weighted by molar-refractivity contribution is 8.01. The number of nitrogens with zero attached hydrogens (tertiary/aromatic N) is 3. The number of carbonyl (C=O) groups is 1. The molecule has 0 spiro atoms. The van der Waals surface area contributed by atoms with Crippen molar-refractivity contribution in [2.45, 2.75) is 35.4 Å². The Morgan fingerprint density at radius 2 is 2.10 bits per heavy atom. The number of methoxy groups -OCH3 is 1. The number of aromatic nitrogens is 2. The van der Waals surface area contributed by atoms with E-state index in [-0.39, 0.29) is 17.2 Å². The molecular weight excluding hydrogens is 460 g/mol. The van der Waals surface area contributed by atoms with Crippen molar-refractivity contribution < 1.29 is 22.7 Å². The molecule has 0 unspecified atom stereocenters. The molecule has 0 saturated carbocycles. The molecule has 12 heteroatoms. The summed E-state index contributed by atoms with van der Waals surface area (Å²) in [6.07, 6.45) is 1.53. The molecule has 2 heterocycles. The van der Waals surface area contributed by atoms with E-state index in [4.69, 9.17) is 9.47 Å². The first-order chi connectivity index (χ1) is 14.9. The zero-order valence-corrected chi connectivity index (χ0v) is 19.9. The molecule has 2 aromatic rings. The summed E-state index contributed by atoms with van der Waals surface area (Å²) in [6.45, 7) is 3.50. The Labute approximate surface area is 190 Å². The molecule has 3 rings (SSSR count). The summed E-state index contributed by atoms with van der Waals surface area (Å²) in [5.41, 5.74) is 0.656. The van der Waals surface area contributed by atoms with Crippen molar-refractivity contribution in [3.8, 4) is 5.75 Å². The fourth-order valence-corrected chi connectivity index (χ4v) is 6.14. The van der Waals surface area contributed by atoms with E-state index in [0.29, 0.717) is 49.2 Å². The van der Waals surface area contributed by atoms with Crippen LogP contribution in [-0.2, 0) is 26.0 Å². The molecule has 1 aliphatic rings. The van der Waals surface area contributed by atoms with E-state index in [9.17, 15) is 13.2 Å². The lowest BCUT2D eigenvalue weighted by Gasteiger charge is -2.26. The maximum Gasteiger partial charge on any atom is 0.243 e. The molecule has 1 aromatic carbocycles. The Balaban J connectivity index is 1.65. The summed E-state index contributed by atoms with van der Waals surface area (Å²) < 4.78 is 38.7. The van der Waals surface area contributed by atoms with Gasteiger partial charge in [0.15, 0.2) is 4.34 Å². The van der Waals surface area contributed by atoms with Crippen LogP contribution in [-0.4, -0.2) is 68.0 Å². The third-order valence-corrected chi connectivity index (χ3v) is 8.64. The highest BCUT2D eigenvalue weighted by Crippen LogP contribution is 2.28. The van der Waals surface area contributed by atoms with Crippen LogP contribution in [0.4, 0.5) is 5.13 Å². The van der Waals surface area contributed by atoms with E-state index in [0.717, 1.165) is 16.5 Å². The van der Waals surface area contributed by atoms with Crippen LogP contribution in [0.1, 0.15) is 25.3 Å². The monoisotopic (exact) mass is 486 g/mol. The Bertz CT molecular complexity index is 990. The first kappa shape index (κ1) is 23.9. The number of carbonyl (C=O) groups excluding carboxylic acids is 1. The van der Waals surface area contributed by atoms with E-state index in [1.54, 1.807) is 23.9 Å². The summed E-state index contributed by atoms with van der Waals surface area (Å²) in [7, 11) is -2.10. The van der Waals surface area contributed by atoms with Crippen molar-refractivity contribution in [1.29, 1.82) is 0 Å². The SMILES string of the molecule is CCCSc1nnc(NC(=O)CCc2cc(S(=O)(=O)N3CCOCC3)ccc2OC)s1. The number of benzene rings is 1. The van der Waals surface area contributed by atoms with E-state index in [1.165, 1.54) is 28.8 Å². The van der Waals surface area contributed by atoms with Gasteiger partial charge in [-0.2, -0.15) is 4.31 Å². The molecule has 1 amide bonds. The maximum absolute atomic E-state index is 12.9. The second kappa shape index (κ2) is 11.2. The standard InChI is InChI=1S/C19H26N4O5S3/c1-3-12-29-19-22-21-18(30-19)20-17(24)7-4-14-13-15(5-6-16(14)27-2)31(25,26)23-8-10-28-11-9-23/h5-6,13H,3-4,7-12H2,1-2H3,(H,20,21,24). The first-order valence-corrected chi connectivity index (χ1v) is 13.2. The normalized spacial score (nSPS) is 15.0. The number of amides is 1. The average Bonchev–Trinajstić information content (AvgIpc) is 3.23. The van der Waals surface area contributed by atoms with E-state index in [1.807, 2.05) is 0 Å². The van der Waals surface area contributed by atoms with Crippen molar-refractivity contribution in [1.82, 2.24) is 14.5 Å². The Morgan fingerprint density at radius 1 is 1.32 bits per heavy atom. The fraction of sp³-hybridized carbons (Fsp3) is 0.526. The van der Waals surface area contributed by atoms with Gasteiger partial charge in [-0.25, -0.2) is 8.42 Å². The maximum atomic E-state index is 12.9. The number of aryl methyl sites for hydroxylation is 1. The molecule has 1 aliphatic heterocycles. The van der Waals surface area contributed by atoms with Crippen molar-refractivity contribution in [2.24, 2.45) is 0 Å². The van der Waals surface area contributed by atoms with Gasteiger partial charge in [0.1, 0.15) is 5.75 Å². The minimum Gasteiger partial charge on any atom is -0.496 e. The minimum absolute atomic E-state index is 0.161. The largest absolute Gasteiger partial charge is 0.496 e. The van der Waals surface area contributed by atoms with Crippen molar-refractivity contribution in [2.75, 3.05) is 44.5 Å². The number of hydrogen-bond acceptors (Lipinski definition) is 9. The zero-order valence-electron chi connectivity index (χ0n) is 17.5. The Morgan fingerprint density at radius 3 is 2.81 bits per heavy atom. The molecule has 1 N–H and O–H groups in total. The Kier molecular flexibility index (Phi) is 8.67. The number of ether oxygens (including phenoxy) is 2. The van der Waals surface area contributed by atoms with Crippen molar-refractivity contribution >= 4 is 44.2 Å². The van der Waals surface area contributed by atoms with Crippen LogP contribution >= 0.6 is 23.1 Å². The number of anilines is 1. The number of sulfonamides is 1. The van der Waals surface area contributed by atoms with Crippen LogP contribution in [0.5, 0.6) is 5.75 Å². The molecule has 9 nitrogen and oxygen atoms in total. The molecular formula is C19H26N4O5S3. The molecule has 1 aromatic heterocycles. The minimum atomic E-state index is -3.62. The lowest BCUT2D eigenvalue weighted by Crippen LogP contribution is -2.40. The van der Waals surface area contributed by atoms with Gasteiger partial charge >= 0.3 is 0 Å². The summed E-state index contributed by atoms with van der Waals surface area (Å²) in [4.78, 5) is 12.6. The first-order valence-electron chi connectivity index (χ1n) is 9.95. The van der Waals surface area contributed by atoms with Gasteiger partial charge < -0.3 is 14.8 Å². The van der Waals surface area contributed by atoms with E-state index in [2.05, 4.69) is 22.4 Å². The number of nitrogens with one attached hydrogen (secondary N) is 1. The lowest BCUT2D eigenvalue weighted by atomic mass is 10.1. The van der Waals surface area contributed by atoms with Crippen LogP contribution in [0.3, 0.4) is 0 Å². The summed E-state index contributed by atoms with van der Waals surface area (Å²) >= 11 is 2.95. The summed E-state index contributed by atoms with van der Waals surface area (Å²) in [5, 5.41) is 11.3. The quantitative estimate of drug-likeness (QED) is 0.403. The Hall–Kier alpha value is -1.73. The smallest absolute Gasteiger partial charge is 0.243 e. The van der Waals surface area contributed by atoms with E-state index >= 15 is 0 Å². The third-order valence-electron chi connectivity index (χ3n) is 4.56. The molecule has 1 saturated heterocycles. The molecule has 0 atom stereocenters. The molecule has 31 heavy (non-hydrogen) atoms. The van der Waals surface area contributed by atoms with Gasteiger partial charge in [-0.3, -0.25) is 4.79 Å². The third kappa shape index (κ3) is 6.39. The molecule has 1 fully saturated rings. The van der Waals surface area contributed by atoms with Gasteiger partial charge in [0, 0.05) is 25.3 Å². The fourth-order valence-electron chi connectivity index (χ4n) is 2.98. The van der Waals surface area contributed by atoms with Gasteiger partial charge in [0.05, 0.1) is 25.2 Å². The summed E-state index contributed by atoms with van der Waals surface area (Å²) in [5.74, 6) is 1.28. The second-order valence-corrected chi connectivity index (χ2v) is 11.0. The molecule has 0 radical (unpaired) electrons. The van der Waals surface area contributed by atoms with Gasteiger partial charge in [0.2, 0.25) is 21.1 Å². The van der Waals surface area contributed by atoms with Gasteiger partial charge in [0.25, 0.3) is 0 Å². The van der Waals surface area contributed by atoms with Crippen molar-refractivity contribution in [3.05, 3.63) is 23.8 Å².